The number of carboxylic acids is 1. The number of carboxylic acid groups (broad SMARTS) is 1. The number of aliphatic carboxylic acids is 1. The van der Waals surface area contributed by atoms with E-state index in [1.54, 1.807) is 0 Å². The summed E-state index contributed by atoms with van der Waals surface area (Å²) in [6, 6.07) is 0. The van der Waals surface area contributed by atoms with Gasteiger partial charge in [0, 0.05) is 12.4 Å². The van der Waals surface area contributed by atoms with Gasteiger partial charge in [0.15, 0.2) is 0 Å². The summed E-state index contributed by atoms with van der Waals surface area (Å²) in [5, 5.41) is 10.6. The van der Waals surface area contributed by atoms with Gasteiger partial charge in [0.25, 0.3) is 0 Å². The highest BCUT2D eigenvalue weighted by Gasteiger charge is 2.35. The molecular formula is C24H37O5-. The quantitative estimate of drug-likeness (QED) is 0.183. The molecule has 2 saturated heterocycles. The van der Waals surface area contributed by atoms with Crippen LogP contribution in [0.1, 0.15) is 83.5 Å². The zero-order chi connectivity index (χ0) is 20.7. The summed E-state index contributed by atoms with van der Waals surface area (Å²) in [7, 11) is 0. The Bertz CT molecular complexity index is 519. The minimum atomic E-state index is -1.10. The van der Waals surface area contributed by atoms with Crippen molar-refractivity contribution in [2.24, 2.45) is 0 Å². The molecule has 0 bridgehead atoms. The third-order valence-corrected chi connectivity index (χ3v) is 5.61. The second kappa shape index (κ2) is 14.5. The highest BCUT2D eigenvalue weighted by atomic mass is 17.2. The smallest absolute Gasteiger partial charge is 0.119 e. The van der Waals surface area contributed by atoms with Crippen molar-refractivity contribution in [2.75, 3.05) is 0 Å². The Morgan fingerprint density at radius 1 is 0.862 bits per heavy atom. The number of unbranched alkanes of at least 4 members (excludes halogenated alkanes) is 5. The minimum absolute atomic E-state index is 0.0735. The number of hydrogen-bond donors (Lipinski definition) is 0. The molecule has 0 spiro atoms. The summed E-state index contributed by atoms with van der Waals surface area (Å²) in [5.41, 5.74) is 0. The van der Waals surface area contributed by atoms with E-state index in [1.807, 2.05) is 6.08 Å². The molecule has 0 aromatic carbocycles. The molecule has 2 rings (SSSR count). The van der Waals surface area contributed by atoms with Gasteiger partial charge in [-0.15, -0.1) is 6.58 Å². The van der Waals surface area contributed by atoms with Crippen molar-refractivity contribution >= 4 is 5.97 Å². The SMILES string of the molecule is C=CCC/C=C/C=C\CCCCCC[C@@H]1CC[C@@H]([C@@H]2CC[C@@H](CC(=O)[O-])OO2)O1. The van der Waals surface area contributed by atoms with E-state index in [9.17, 15) is 9.90 Å². The van der Waals surface area contributed by atoms with E-state index in [1.165, 1.54) is 25.7 Å². The van der Waals surface area contributed by atoms with Crippen molar-refractivity contribution < 1.29 is 24.4 Å². The molecule has 0 N–H and O–H groups in total. The van der Waals surface area contributed by atoms with Crippen molar-refractivity contribution in [3.8, 4) is 0 Å². The molecule has 0 unspecified atom stereocenters. The van der Waals surface area contributed by atoms with Gasteiger partial charge in [-0.3, -0.25) is 0 Å². The van der Waals surface area contributed by atoms with E-state index in [2.05, 4.69) is 30.9 Å². The lowest BCUT2D eigenvalue weighted by Gasteiger charge is -2.31. The number of ether oxygens (including phenoxy) is 1. The van der Waals surface area contributed by atoms with Crippen LogP contribution in [-0.2, 0) is 19.3 Å². The molecule has 4 atom stereocenters. The third kappa shape index (κ3) is 10.2. The maximum absolute atomic E-state index is 10.6. The molecule has 5 nitrogen and oxygen atoms in total. The third-order valence-electron chi connectivity index (χ3n) is 5.61. The first-order chi connectivity index (χ1) is 14.2. The average molecular weight is 406 g/mol. The molecule has 0 amide bonds. The summed E-state index contributed by atoms with van der Waals surface area (Å²) in [4.78, 5) is 21.2. The molecule has 164 valence electrons. The van der Waals surface area contributed by atoms with Crippen molar-refractivity contribution in [3.05, 3.63) is 37.0 Å². The van der Waals surface area contributed by atoms with Crippen LogP contribution in [0.25, 0.3) is 0 Å². The predicted octanol–water partition coefficient (Wildman–Crippen LogP) is 4.57. The number of hydrogen-bond acceptors (Lipinski definition) is 5. The van der Waals surface area contributed by atoms with Crippen LogP contribution in [0.3, 0.4) is 0 Å². The molecule has 5 heteroatoms. The van der Waals surface area contributed by atoms with Gasteiger partial charge in [0.2, 0.25) is 0 Å². The van der Waals surface area contributed by atoms with Crippen molar-refractivity contribution in [1.82, 2.24) is 0 Å². The van der Waals surface area contributed by atoms with E-state index in [0.29, 0.717) is 12.5 Å². The van der Waals surface area contributed by atoms with Crippen LogP contribution in [-0.4, -0.2) is 30.4 Å². The molecule has 29 heavy (non-hydrogen) atoms. The Hall–Kier alpha value is -1.43. The summed E-state index contributed by atoms with van der Waals surface area (Å²) in [6.07, 6.45) is 23.4. The normalized spacial score (nSPS) is 27.7. The lowest BCUT2D eigenvalue weighted by molar-refractivity contribution is -0.389. The van der Waals surface area contributed by atoms with Crippen molar-refractivity contribution in [2.45, 2.75) is 108 Å². The fraction of sp³-hybridized carbons (Fsp3) is 0.708. The Morgan fingerprint density at radius 2 is 1.59 bits per heavy atom. The minimum Gasteiger partial charge on any atom is -0.550 e. The van der Waals surface area contributed by atoms with Gasteiger partial charge >= 0.3 is 0 Å². The topological polar surface area (TPSA) is 67.8 Å². The summed E-state index contributed by atoms with van der Waals surface area (Å²) >= 11 is 0. The fourth-order valence-corrected chi connectivity index (χ4v) is 3.94. The van der Waals surface area contributed by atoms with Crippen molar-refractivity contribution in [1.29, 1.82) is 0 Å². The molecule has 2 fully saturated rings. The molecule has 0 saturated carbocycles. The zero-order valence-electron chi connectivity index (χ0n) is 17.6. The largest absolute Gasteiger partial charge is 0.550 e. The second-order valence-electron chi connectivity index (χ2n) is 8.09. The maximum atomic E-state index is 10.6. The van der Waals surface area contributed by atoms with E-state index in [4.69, 9.17) is 14.5 Å². The molecule has 0 aromatic heterocycles. The van der Waals surface area contributed by atoms with Crippen molar-refractivity contribution in [3.63, 3.8) is 0 Å². The molecule has 0 aliphatic carbocycles. The van der Waals surface area contributed by atoms with Crippen LogP contribution in [0, 0.1) is 0 Å². The first kappa shape index (κ1) is 23.8. The molecule has 2 aliphatic rings. The van der Waals surface area contributed by atoms with E-state index in [0.717, 1.165) is 44.9 Å². The highest BCUT2D eigenvalue weighted by molar-refractivity contribution is 5.64. The van der Waals surface area contributed by atoms with Crippen LogP contribution < -0.4 is 5.11 Å². The summed E-state index contributed by atoms with van der Waals surface area (Å²) < 4.78 is 6.16. The standard InChI is InChI=1S/C24H38O5/c1-2-3-4-5-6-7-8-9-10-11-12-13-14-20-15-17-22(27-20)23-18-16-21(28-29-23)19-24(25)26/h2,5-8,20-23H,1,3-4,9-19H2,(H,25,26)/p-1/b6-5+,8-7-/t20-,21+,22+,23+/m1/s1. The summed E-state index contributed by atoms with van der Waals surface area (Å²) in [5.74, 6) is -1.10. The highest BCUT2D eigenvalue weighted by Crippen LogP contribution is 2.31. The van der Waals surface area contributed by atoms with Gasteiger partial charge in [-0.05, 0) is 57.8 Å². The zero-order valence-corrected chi connectivity index (χ0v) is 17.6. The van der Waals surface area contributed by atoms with Gasteiger partial charge < -0.3 is 14.6 Å². The Morgan fingerprint density at radius 3 is 2.31 bits per heavy atom. The average Bonchev–Trinajstić information content (AvgIpc) is 3.18. The van der Waals surface area contributed by atoms with Crippen LogP contribution in [0.5, 0.6) is 0 Å². The van der Waals surface area contributed by atoms with E-state index < -0.39 is 12.1 Å². The van der Waals surface area contributed by atoms with Gasteiger partial charge in [-0.2, -0.15) is 0 Å². The Kier molecular flexibility index (Phi) is 12.0. The fourth-order valence-electron chi connectivity index (χ4n) is 3.94. The van der Waals surface area contributed by atoms with Gasteiger partial charge in [-0.1, -0.05) is 49.6 Å². The van der Waals surface area contributed by atoms with Crippen LogP contribution in [0.4, 0.5) is 0 Å². The number of carbonyl (C=O) groups excluding carboxylic acids is 1. The van der Waals surface area contributed by atoms with Crippen LogP contribution >= 0.6 is 0 Å². The second-order valence-corrected chi connectivity index (χ2v) is 8.09. The first-order valence-electron chi connectivity index (χ1n) is 11.3. The molecule has 2 aliphatic heterocycles. The molecule has 0 radical (unpaired) electrons. The number of carbonyl (C=O) groups is 1. The molecule has 2 heterocycles. The lowest BCUT2D eigenvalue weighted by Crippen LogP contribution is -2.38. The predicted molar refractivity (Wildman–Crippen MR) is 112 cm³/mol. The number of rotatable bonds is 14. The lowest BCUT2D eigenvalue weighted by atomic mass is 10.0. The Balaban J connectivity index is 1.46. The summed E-state index contributed by atoms with van der Waals surface area (Å²) in [6.45, 7) is 3.72. The monoisotopic (exact) mass is 405 g/mol. The Labute approximate surface area is 175 Å². The maximum Gasteiger partial charge on any atom is 0.119 e. The number of allylic oxidation sites excluding steroid dienone is 5. The molecule has 0 aromatic rings. The van der Waals surface area contributed by atoms with Crippen LogP contribution in [0.2, 0.25) is 0 Å². The van der Waals surface area contributed by atoms with E-state index in [-0.39, 0.29) is 18.6 Å². The van der Waals surface area contributed by atoms with Gasteiger partial charge in [-0.25, -0.2) is 9.78 Å². The first-order valence-corrected chi connectivity index (χ1v) is 11.3. The van der Waals surface area contributed by atoms with Gasteiger partial charge in [0.1, 0.15) is 6.10 Å². The van der Waals surface area contributed by atoms with Crippen LogP contribution in [0.15, 0.2) is 37.0 Å². The van der Waals surface area contributed by atoms with Gasteiger partial charge in [0.05, 0.1) is 18.3 Å². The molecular weight excluding hydrogens is 368 g/mol. The van der Waals surface area contributed by atoms with E-state index >= 15 is 0 Å².